The number of likely N-dealkylation sites (tertiary alicyclic amines) is 1. The Hall–Kier alpha value is -1.30. The molecule has 1 heterocycles. The Labute approximate surface area is 126 Å². The molecule has 1 saturated heterocycles. The number of amides is 2. The molecule has 122 valence electrons. The van der Waals surface area contributed by atoms with Gasteiger partial charge in [0.25, 0.3) is 0 Å². The quantitative estimate of drug-likeness (QED) is 0.753. The number of ether oxygens (including phenoxy) is 1. The summed E-state index contributed by atoms with van der Waals surface area (Å²) < 4.78 is 5.39. The number of carbonyl (C=O) groups excluding carboxylic acids is 1. The molecule has 1 fully saturated rings. The van der Waals surface area contributed by atoms with Crippen LogP contribution in [0.3, 0.4) is 0 Å². The maximum Gasteiger partial charge on any atom is 0.317 e. The van der Waals surface area contributed by atoms with Crippen LogP contribution >= 0.6 is 0 Å². The highest BCUT2D eigenvalue weighted by molar-refractivity contribution is 5.79. The molecule has 2 amide bonds. The average molecular weight is 300 g/mol. The molecule has 0 aromatic carbocycles. The molecule has 0 aliphatic carbocycles. The maximum atomic E-state index is 12.3. The third kappa shape index (κ3) is 4.33. The molecular weight excluding hydrogens is 272 g/mol. The number of nitrogens with one attached hydrogen (secondary N) is 1. The highest BCUT2D eigenvalue weighted by atomic mass is 16.5. The fraction of sp³-hybridized carbons (Fsp3) is 0.867. The SMILES string of the molecule is CCOCC(NC(=O)N1CCC(CC)(C(=O)O)C1)C(C)C. The maximum absolute atomic E-state index is 12.3. The van der Waals surface area contributed by atoms with E-state index in [9.17, 15) is 14.7 Å². The molecule has 21 heavy (non-hydrogen) atoms. The lowest BCUT2D eigenvalue weighted by molar-refractivity contribution is -0.148. The summed E-state index contributed by atoms with van der Waals surface area (Å²) in [6.45, 7) is 9.70. The van der Waals surface area contributed by atoms with Gasteiger partial charge in [0.15, 0.2) is 0 Å². The molecule has 1 aliphatic heterocycles. The summed E-state index contributed by atoms with van der Waals surface area (Å²) >= 11 is 0. The van der Waals surface area contributed by atoms with E-state index in [1.165, 1.54) is 0 Å². The van der Waals surface area contributed by atoms with Crippen LogP contribution in [0.25, 0.3) is 0 Å². The Morgan fingerprint density at radius 1 is 1.38 bits per heavy atom. The highest BCUT2D eigenvalue weighted by Crippen LogP contribution is 2.34. The van der Waals surface area contributed by atoms with Crippen molar-refractivity contribution in [2.75, 3.05) is 26.3 Å². The van der Waals surface area contributed by atoms with Crippen molar-refractivity contribution in [1.29, 1.82) is 0 Å². The Morgan fingerprint density at radius 2 is 2.05 bits per heavy atom. The van der Waals surface area contributed by atoms with Crippen LogP contribution < -0.4 is 5.32 Å². The molecule has 1 rings (SSSR count). The summed E-state index contributed by atoms with van der Waals surface area (Å²) in [6.07, 6.45) is 1.06. The number of aliphatic carboxylic acids is 1. The van der Waals surface area contributed by atoms with Crippen LogP contribution in [0.15, 0.2) is 0 Å². The van der Waals surface area contributed by atoms with Crippen molar-refractivity contribution in [3.8, 4) is 0 Å². The molecule has 2 N–H and O–H groups in total. The zero-order chi connectivity index (χ0) is 16.0. The summed E-state index contributed by atoms with van der Waals surface area (Å²) in [5.41, 5.74) is -0.787. The van der Waals surface area contributed by atoms with Gasteiger partial charge in [-0.25, -0.2) is 4.79 Å². The Bertz CT molecular complexity index is 373. The van der Waals surface area contributed by atoms with Gasteiger partial charge >= 0.3 is 12.0 Å². The van der Waals surface area contributed by atoms with Crippen LogP contribution in [-0.4, -0.2) is 54.4 Å². The lowest BCUT2D eigenvalue weighted by Gasteiger charge is -2.27. The van der Waals surface area contributed by atoms with Crippen molar-refractivity contribution in [3.05, 3.63) is 0 Å². The summed E-state index contributed by atoms with van der Waals surface area (Å²) in [5.74, 6) is -0.548. The first-order valence-electron chi connectivity index (χ1n) is 7.73. The van der Waals surface area contributed by atoms with Gasteiger partial charge < -0.3 is 20.1 Å². The number of hydrogen-bond acceptors (Lipinski definition) is 3. The van der Waals surface area contributed by atoms with Gasteiger partial charge in [0.1, 0.15) is 0 Å². The number of rotatable bonds is 7. The van der Waals surface area contributed by atoms with Gasteiger partial charge in [-0.05, 0) is 25.7 Å². The van der Waals surface area contributed by atoms with Crippen LogP contribution in [0.2, 0.25) is 0 Å². The third-order valence-electron chi connectivity index (χ3n) is 4.39. The molecule has 0 aromatic rings. The number of carboxylic acid groups (broad SMARTS) is 1. The van der Waals surface area contributed by atoms with Gasteiger partial charge in [-0.2, -0.15) is 0 Å². The largest absolute Gasteiger partial charge is 0.481 e. The minimum Gasteiger partial charge on any atom is -0.481 e. The normalized spacial score (nSPS) is 23.4. The summed E-state index contributed by atoms with van der Waals surface area (Å²) in [6, 6.07) is -0.246. The van der Waals surface area contributed by atoms with Crippen molar-refractivity contribution >= 4 is 12.0 Å². The van der Waals surface area contributed by atoms with Crippen LogP contribution in [0.1, 0.15) is 40.5 Å². The zero-order valence-electron chi connectivity index (χ0n) is 13.5. The summed E-state index contributed by atoms with van der Waals surface area (Å²) in [5, 5.41) is 12.3. The Morgan fingerprint density at radius 3 is 2.48 bits per heavy atom. The van der Waals surface area contributed by atoms with Gasteiger partial charge in [-0.1, -0.05) is 20.8 Å². The van der Waals surface area contributed by atoms with Crippen molar-refractivity contribution in [2.24, 2.45) is 11.3 Å². The van der Waals surface area contributed by atoms with E-state index in [-0.39, 0.29) is 24.5 Å². The van der Waals surface area contributed by atoms with Crippen molar-refractivity contribution in [3.63, 3.8) is 0 Å². The van der Waals surface area contributed by atoms with E-state index >= 15 is 0 Å². The number of nitrogens with zero attached hydrogens (tertiary/aromatic N) is 1. The molecule has 2 atom stereocenters. The van der Waals surface area contributed by atoms with E-state index in [1.54, 1.807) is 4.90 Å². The monoisotopic (exact) mass is 300 g/mol. The third-order valence-corrected chi connectivity index (χ3v) is 4.39. The predicted octanol–water partition coefficient (Wildman–Crippen LogP) is 1.94. The van der Waals surface area contributed by atoms with E-state index in [0.717, 1.165) is 0 Å². The fourth-order valence-corrected chi connectivity index (χ4v) is 2.56. The van der Waals surface area contributed by atoms with Gasteiger partial charge in [-0.3, -0.25) is 4.79 Å². The van der Waals surface area contributed by atoms with Crippen molar-refractivity contribution in [2.45, 2.75) is 46.6 Å². The van der Waals surface area contributed by atoms with E-state index in [1.807, 2.05) is 27.7 Å². The first-order chi connectivity index (χ1) is 9.86. The molecule has 0 radical (unpaired) electrons. The molecule has 6 nitrogen and oxygen atoms in total. The van der Waals surface area contributed by atoms with Gasteiger partial charge in [0.05, 0.1) is 18.1 Å². The van der Waals surface area contributed by atoms with Crippen molar-refractivity contribution < 1.29 is 19.4 Å². The molecule has 0 aromatic heterocycles. The van der Waals surface area contributed by atoms with Gasteiger partial charge in [-0.15, -0.1) is 0 Å². The highest BCUT2D eigenvalue weighted by Gasteiger charge is 2.45. The summed E-state index contributed by atoms with van der Waals surface area (Å²) in [7, 11) is 0. The lowest BCUT2D eigenvalue weighted by Crippen LogP contribution is -2.48. The van der Waals surface area contributed by atoms with Crippen LogP contribution in [-0.2, 0) is 9.53 Å². The fourth-order valence-electron chi connectivity index (χ4n) is 2.56. The number of hydrogen-bond donors (Lipinski definition) is 2. The second-order valence-electron chi connectivity index (χ2n) is 6.07. The molecule has 0 spiro atoms. The minimum atomic E-state index is -0.810. The molecule has 0 saturated carbocycles. The van der Waals surface area contributed by atoms with Crippen LogP contribution in [0.4, 0.5) is 4.79 Å². The lowest BCUT2D eigenvalue weighted by atomic mass is 9.84. The number of carboxylic acids is 1. The zero-order valence-corrected chi connectivity index (χ0v) is 13.5. The number of carbonyl (C=O) groups is 2. The Balaban J connectivity index is 2.62. The first-order valence-corrected chi connectivity index (χ1v) is 7.73. The van der Waals surface area contributed by atoms with E-state index in [0.29, 0.717) is 32.6 Å². The smallest absolute Gasteiger partial charge is 0.317 e. The predicted molar refractivity (Wildman–Crippen MR) is 80.2 cm³/mol. The molecular formula is C15H28N2O4. The molecule has 6 heteroatoms. The van der Waals surface area contributed by atoms with Gasteiger partial charge in [0, 0.05) is 19.7 Å². The Kier molecular flexibility index (Phi) is 6.45. The van der Waals surface area contributed by atoms with Crippen molar-refractivity contribution in [1.82, 2.24) is 10.2 Å². The van der Waals surface area contributed by atoms with Crippen LogP contribution in [0.5, 0.6) is 0 Å². The second-order valence-corrected chi connectivity index (χ2v) is 6.07. The molecule has 0 bridgehead atoms. The standard InChI is InChI=1S/C15H28N2O4/c1-5-15(13(18)19)7-8-17(10-15)14(20)16-12(11(3)4)9-21-6-2/h11-12H,5-10H2,1-4H3,(H,16,20)(H,18,19). The van der Waals surface area contributed by atoms with E-state index < -0.39 is 11.4 Å². The first kappa shape index (κ1) is 17.8. The van der Waals surface area contributed by atoms with E-state index in [2.05, 4.69) is 5.32 Å². The van der Waals surface area contributed by atoms with Gasteiger partial charge in [0.2, 0.25) is 0 Å². The minimum absolute atomic E-state index is 0.0566. The number of urea groups is 1. The topological polar surface area (TPSA) is 78.9 Å². The van der Waals surface area contributed by atoms with E-state index in [4.69, 9.17) is 4.74 Å². The second kappa shape index (κ2) is 7.64. The average Bonchev–Trinajstić information content (AvgIpc) is 2.88. The van der Waals surface area contributed by atoms with Crippen LogP contribution in [0, 0.1) is 11.3 Å². The summed E-state index contributed by atoms with van der Waals surface area (Å²) in [4.78, 5) is 25.3. The molecule has 1 aliphatic rings. The molecule has 2 unspecified atom stereocenters.